The minimum atomic E-state index is -4.78. The van der Waals surface area contributed by atoms with E-state index in [1.807, 2.05) is 13.8 Å². The third kappa shape index (κ3) is 5.92. The molecule has 12 heteroatoms. The highest BCUT2D eigenvalue weighted by Gasteiger charge is 2.39. The third-order valence-electron chi connectivity index (χ3n) is 5.00. The number of piperazine rings is 1. The molecular formula is C20H26ClF3N6O2. The van der Waals surface area contributed by atoms with Gasteiger partial charge in [0.2, 0.25) is 0 Å². The monoisotopic (exact) mass is 474 g/mol. The standard InChI is InChI=1S/C20H25F3N6O2.ClH/c1-13-10-24-11-14(2)29(13)19(31)26-9-8-25-18(30)16-12-28(15-6-4-3-5-7-15)27-17(16)20(21,22)23;/h3-7,12-14,24H,8-11H2,1-2H3,(H,25,30)(H,26,31);1H. The number of rotatable bonds is 5. The van der Waals surface area contributed by atoms with Crippen LogP contribution in [-0.4, -0.2) is 64.9 Å². The fourth-order valence-electron chi connectivity index (χ4n) is 3.53. The molecule has 0 bridgehead atoms. The molecule has 0 spiro atoms. The van der Waals surface area contributed by atoms with Crippen molar-refractivity contribution < 1.29 is 22.8 Å². The summed E-state index contributed by atoms with van der Waals surface area (Å²) in [5.74, 6) is -0.910. The van der Waals surface area contributed by atoms with Crippen molar-refractivity contribution >= 4 is 24.3 Å². The van der Waals surface area contributed by atoms with Gasteiger partial charge in [0.15, 0.2) is 5.69 Å². The second-order valence-corrected chi connectivity index (χ2v) is 7.42. The molecule has 1 aliphatic rings. The maximum Gasteiger partial charge on any atom is 0.435 e. The van der Waals surface area contributed by atoms with Crippen LogP contribution in [0.4, 0.5) is 18.0 Å². The van der Waals surface area contributed by atoms with E-state index in [0.29, 0.717) is 18.8 Å². The van der Waals surface area contributed by atoms with Crippen molar-refractivity contribution in [2.45, 2.75) is 32.1 Å². The van der Waals surface area contributed by atoms with Gasteiger partial charge in [0, 0.05) is 44.5 Å². The van der Waals surface area contributed by atoms with E-state index in [1.165, 1.54) is 0 Å². The highest BCUT2D eigenvalue weighted by Crippen LogP contribution is 2.31. The summed E-state index contributed by atoms with van der Waals surface area (Å²) in [6.45, 7) is 5.27. The van der Waals surface area contributed by atoms with Crippen LogP contribution in [0.1, 0.15) is 29.9 Å². The maximum atomic E-state index is 13.4. The first-order chi connectivity index (χ1) is 14.7. The third-order valence-corrected chi connectivity index (χ3v) is 5.00. The van der Waals surface area contributed by atoms with Crippen LogP contribution in [0.5, 0.6) is 0 Å². The molecule has 2 aromatic rings. The van der Waals surface area contributed by atoms with Crippen molar-refractivity contribution in [1.29, 1.82) is 0 Å². The summed E-state index contributed by atoms with van der Waals surface area (Å²) in [5, 5.41) is 11.9. The van der Waals surface area contributed by atoms with Crippen LogP contribution in [0, 0.1) is 0 Å². The van der Waals surface area contributed by atoms with Gasteiger partial charge in [-0.15, -0.1) is 12.4 Å². The molecule has 3 amide bonds. The molecule has 1 aromatic carbocycles. The zero-order valence-electron chi connectivity index (χ0n) is 17.6. The Hall–Kier alpha value is -2.79. The second-order valence-electron chi connectivity index (χ2n) is 7.42. The SMILES string of the molecule is CC1CNCC(C)N1C(=O)NCCNC(=O)c1cn(-c2ccccc2)nc1C(F)(F)F.Cl. The molecule has 176 valence electrons. The number of urea groups is 1. The fraction of sp³-hybridized carbons (Fsp3) is 0.450. The van der Waals surface area contributed by atoms with Crippen LogP contribution in [0.3, 0.4) is 0 Å². The van der Waals surface area contributed by atoms with E-state index in [1.54, 1.807) is 35.2 Å². The highest BCUT2D eigenvalue weighted by atomic mass is 35.5. The van der Waals surface area contributed by atoms with E-state index in [2.05, 4.69) is 21.0 Å². The average molecular weight is 475 g/mol. The summed E-state index contributed by atoms with van der Waals surface area (Å²) in [6.07, 6.45) is -3.73. The predicted molar refractivity (Wildman–Crippen MR) is 115 cm³/mol. The molecule has 8 nitrogen and oxygen atoms in total. The van der Waals surface area contributed by atoms with E-state index in [4.69, 9.17) is 0 Å². The topological polar surface area (TPSA) is 91.3 Å². The van der Waals surface area contributed by atoms with Gasteiger partial charge in [-0.3, -0.25) is 4.79 Å². The van der Waals surface area contributed by atoms with Crippen LogP contribution in [0.15, 0.2) is 36.5 Å². The summed E-state index contributed by atoms with van der Waals surface area (Å²) in [7, 11) is 0. The smallest absolute Gasteiger partial charge is 0.350 e. The Bertz CT molecular complexity index is 912. The molecule has 3 N–H and O–H groups in total. The lowest BCUT2D eigenvalue weighted by Crippen LogP contribution is -2.60. The molecule has 32 heavy (non-hydrogen) atoms. The average Bonchev–Trinajstić information content (AvgIpc) is 3.18. The number of nitrogens with one attached hydrogen (secondary N) is 3. The lowest BCUT2D eigenvalue weighted by molar-refractivity contribution is -0.141. The second kappa shape index (κ2) is 10.7. The molecule has 1 fully saturated rings. The Balaban J connectivity index is 0.00000363. The molecule has 0 radical (unpaired) electrons. The number of nitrogens with zero attached hydrogens (tertiary/aromatic N) is 3. The number of carbonyl (C=O) groups excluding carboxylic acids is 2. The molecule has 0 saturated carbocycles. The summed E-state index contributed by atoms with van der Waals surface area (Å²) in [4.78, 5) is 26.5. The van der Waals surface area contributed by atoms with Crippen LogP contribution in [0.25, 0.3) is 5.69 Å². The predicted octanol–water partition coefficient (Wildman–Crippen LogP) is 2.43. The Labute approximate surface area is 189 Å². The first-order valence-electron chi connectivity index (χ1n) is 9.96. The number of benzene rings is 1. The van der Waals surface area contributed by atoms with E-state index in [-0.39, 0.29) is 43.6 Å². The lowest BCUT2D eigenvalue weighted by atomic mass is 10.1. The summed E-state index contributed by atoms with van der Waals surface area (Å²) < 4.78 is 41.2. The minimum absolute atomic E-state index is 0. The Morgan fingerprint density at radius 1 is 1.09 bits per heavy atom. The van der Waals surface area contributed by atoms with Crippen molar-refractivity contribution in [2.24, 2.45) is 0 Å². The van der Waals surface area contributed by atoms with Crippen molar-refractivity contribution in [2.75, 3.05) is 26.2 Å². The van der Waals surface area contributed by atoms with Gasteiger partial charge in [-0.25, -0.2) is 9.48 Å². The summed E-state index contributed by atoms with van der Waals surface area (Å²) in [6, 6.07) is 7.96. The molecule has 1 aromatic heterocycles. The summed E-state index contributed by atoms with van der Waals surface area (Å²) >= 11 is 0. The zero-order valence-corrected chi connectivity index (χ0v) is 18.5. The van der Waals surface area contributed by atoms with Gasteiger partial charge >= 0.3 is 12.2 Å². The van der Waals surface area contributed by atoms with E-state index < -0.39 is 23.3 Å². The number of hydrogen-bond acceptors (Lipinski definition) is 4. The first-order valence-corrected chi connectivity index (χ1v) is 9.96. The van der Waals surface area contributed by atoms with Crippen molar-refractivity contribution in [1.82, 2.24) is 30.6 Å². The number of halogens is 4. The number of para-hydroxylation sites is 1. The molecule has 2 atom stereocenters. The zero-order chi connectivity index (χ0) is 22.6. The molecule has 2 unspecified atom stereocenters. The molecule has 3 rings (SSSR count). The number of amides is 3. The molecule has 1 saturated heterocycles. The highest BCUT2D eigenvalue weighted by molar-refractivity contribution is 5.95. The van der Waals surface area contributed by atoms with Crippen LogP contribution >= 0.6 is 12.4 Å². The molecule has 1 aliphatic heterocycles. The van der Waals surface area contributed by atoms with Gasteiger partial charge < -0.3 is 20.9 Å². The van der Waals surface area contributed by atoms with Gasteiger partial charge in [0.25, 0.3) is 5.91 Å². The van der Waals surface area contributed by atoms with Gasteiger partial charge in [0.1, 0.15) is 0 Å². The van der Waals surface area contributed by atoms with Gasteiger partial charge in [-0.2, -0.15) is 18.3 Å². The van der Waals surface area contributed by atoms with Crippen molar-refractivity contribution in [3.63, 3.8) is 0 Å². The molecule has 0 aliphatic carbocycles. The number of carbonyl (C=O) groups is 2. The Morgan fingerprint density at radius 3 is 2.28 bits per heavy atom. The van der Waals surface area contributed by atoms with Gasteiger partial charge in [-0.05, 0) is 26.0 Å². The van der Waals surface area contributed by atoms with E-state index in [0.717, 1.165) is 10.9 Å². The largest absolute Gasteiger partial charge is 0.435 e. The Kier molecular flexibility index (Phi) is 8.51. The maximum absolute atomic E-state index is 13.4. The van der Waals surface area contributed by atoms with Gasteiger partial charge in [0.05, 0.1) is 11.3 Å². The Morgan fingerprint density at radius 2 is 1.69 bits per heavy atom. The van der Waals surface area contributed by atoms with Crippen LogP contribution < -0.4 is 16.0 Å². The first kappa shape index (κ1) is 25.5. The molecular weight excluding hydrogens is 449 g/mol. The summed E-state index contributed by atoms with van der Waals surface area (Å²) in [5.41, 5.74) is -1.44. The quantitative estimate of drug-likeness (QED) is 0.580. The van der Waals surface area contributed by atoms with Crippen LogP contribution in [0.2, 0.25) is 0 Å². The normalized spacial score (nSPS) is 18.6. The minimum Gasteiger partial charge on any atom is -0.350 e. The number of alkyl halides is 3. The van der Waals surface area contributed by atoms with Crippen LogP contribution in [-0.2, 0) is 6.18 Å². The number of aromatic nitrogens is 2. The molecule has 2 heterocycles. The van der Waals surface area contributed by atoms with Gasteiger partial charge in [-0.1, -0.05) is 18.2 Å². The van der Waals surface area contributed by atoms with Crippen molar-refractivity contribution in [3.05, 3.63) is 47.8 Å². The fourth-order valence-corrected chi connectivity index (χ4v) is 3.53. The lowest BCUT2D eigenvalue weighted by Gasteiger charge is -2.39. The number of hydrogen-bond donors (Lipinski definition) is 3. The van der Waals surface area contributed by atoms with E-state index in [9.17, 15) is 22.8 Å². The van der Waals surface area contributed by atoms with Crippen molar-refractivity contribution in [3.8, 4) is 5.69 Å². The van der Waals surface area contributed by atoms with E-state index >= 15 is 0 Å².